The highest BCUT2D eigenvalue weighted by molar-refractivity contribution is 7.21. The van der Waals surface area contributed by atoms with E-state index in [0.29, 0.717) is 5.69 Å². The summed E-state index contributed by atoms with van der Waals surface area (Å²) in [5.74, 6) is -1.00. The number of thiazole rings is 1. The Labute approximate surface area is 154 Å². The third-order valence-corrected chi connectivity index (χ3v) is 5.23. The summed E-state index contributed by atoms with van der Waals surface area (Å²) < 4.78 is 14.9. The molecule has 26 heavy (non-hydrogen) atoms. The van der Waals surface area contributed by atoms with Crippen molar-refractivity contribution in [3.63, 3.8) is 0 Å². The van der Waals surface area contributed by atoms with Gasteiger partial charge in [0, 0.05) is 11.3 Å². The molecule has 0 bridgehead atoms. The zero-order valence-corrected chi connectivity index (χ0v) is 14.8. The summed E-state index contributed by atoms with van der Waals surface area (Å²) in [4.78, 5) is 17.1. The molecule has 0 atom stereocenters. The van der Waals surface area contributed by atoms with Crippen molar-refractivity contribution in [1.82, 2.24) is 4.98 Å². The molecule has 4 rings (SSSR count). The van der Waals surface area contributed by atoms with E-state index in [4.69, 9.17) is 0 Å². The zero-order chi connectivity index (χ0) is 18.1. The molecule has 0 fully saturated rings. The Bertz CT molecular complexity index is 1090. The number of carbonyl (C=O) groups is 1. The van der Waals surface area contributed by atoms with Crippen LogP contribution in [-0.2, 0) is 0 Å². The highest BCUT2D eigenvalue weighted by Gasteiger charge is 2.13. The largest absolute Gasteiger partial charge is 0.322 e. The molecule has 0 spiro atoms. The third-order valence-electron chi connectivity index (χ3n) is 4.15. The Hall–Kier alpha value is -3.05. The van der Waals surface area contributed by atoms with Gasteiger partial charge in [-0.25, -0.2) is 9.37 Å². The van der Waals surface area contributed by atoms with Crippen LogP contribution in [0, 0.1) is 12.7 Å². The van der Waals surface area contributed by atoms with Crippen LogP contribution >= 0.6 is 11.3 Å². The number of nitrogens with zero attached hydrogens (tertiary/aromatic N) is 1. The van der Waals surface area contributed by atoms with Gasteiger partial charge in [-0.3, -0.25) is 4.79 Å². The fourth-order valence-electron chi connectivity index (χ4n) is 2.72. The van der Waals surface area contributed by atoms with Gasteiger partial charge in [0.2, 0.25) is 0 Å². The number of para-hydroxylation sites is 1. The number of aromatic nitrogens is 1. The molecule has 5 heteroatoms. The van der Waals surface area contributed by atoms with Crippen LogP contribution in [0.2, 0.25) is 0 Å². The van der Waals surface area contributed by atoms with Gasteiger partial charge in [-0.2, -0.15) is 0 Å². The Balaban J connectivity index is 1.68. The van der Waals surface area contributed by atoms with Gasteiger partial charge < -0.3 is 5.32 Å². The van der Waals surface area contributed by atoms with Gasteiger partial charge in [-0.1, -0.05) is 36.4 Å². The van der Waals surface area contributed by atoms with E-state index in [0.717, 1.165) is 26.4 Å². The molecule has 0 saturated carbocycles. The molecule has 1 amide bonds. The number of hydrogen-bond acceptors (Lipinski definition) is 3. The highest BCUT2D eigenvalue weighted by Crippen LogP contribution is 2.32. The molecule has 0 saturated heterocycles. The smallest absolute Gasteiger partial charge is 0.258 e. The first-order valence-corrected chi connectivity index (χ1v) is 8.96. The maximum absolute atomic E-state index is 13.8. The lowest BCUT2D eigenvalue weighted by atomic mass is 10.1. The van der Waals surface area contributed by atoms with Crippen molar-refractivity contribution < 1.29 is 9.18 Å². The number of benzene rings is 3. The van der Waals surface area contributed by atoms with Crippen molar-refractivity contribution in [3.05, 3.63) is 83.7 Å². The molecular weight excluding hydrogens is 347 g/mol. The molecule has 0 unspecified atom stereocenters. The number of amides is 1. The molecule has 4 aromatic rings. The van der Waals surface area contributed by atoms with Crippen molar-refractivity contribution in [2.75, 3.05) is 5.32 Å². The van der Waals surface area contributed by atoms with E-state index >= 15 is 0 Å². The van der Waals surface area contributed by atoms with Crippen LogP contribution in [0.15, 0.2) is 66.7 Å². The fourth-order valence-corrected chi connectivity index (χ4v) is 3.68. The van der Waals surface area contributed by atoms with Gasteiger partial charge in [-0.15, -0.1) is 11.3 Å². The van der Waals surface area contributed by atoms with Gasteiger partial charge >= 0.3 is 0 Å². The van der Waals surface area contributed by atoms with E-state index in [9.17, 15) is 9.18 Å². The summed E-state index contributed by atoms with van der Waals surface area (Å²) in [5.41, 5.74) is 3.44. The summed E-state index contributed by atoms with van der Waals surface area (Å²) in [6, 6.07) is 19.7. The normalized spacial score (nSPS) is 10.8. The second kappa shape index (κ2) is 6.69. The third kappa shape index (κ3) is 3.09. The van der Waals surface area contributed by atoms with E-state index in [2.05, 4.69) is 10.3 Å². The highest BCUT2D eigenvalue weighted by atomic mass is 32.1. The number of fused-ring (bicyclic) bond motifs is 1. The second-order valence-electron chi connectivity index (χ2n) is 5.95. The second-order valence-corrected chi connectivity index (χ2v) is 6.98. The van der Waals surface area contributed by atoms with Gasteiger partial charge in [0.1, 0.15) is 10.8 Å². The number of hydrogen-bond donors (Lipinski definition) is 1. The van der Waals surface area contributed by atoms with Crippen LogP contribution in [0.3, 0.4) is 0 Å². The summed E-state index contributed by atoms with van der Waals surface area (Å²) in [6.45, 7) is 1.90. The fraction of sp³-hybridized carbons (Fsp3) is 0.0476. The first kappa shape index (κ1) is 16.4. The lowest BCUT2D eigenvalue weighted by molar-refractivity contribution is 0.102. The van der Waals surface area contributed by atoms with E-state index in [1.54, 1.807) is 23.5 Å². The predicted molar refractivity (Wildman–Crippen MR) is 104 cm³/mol. The number of carbonyl (C=O) groups excluding carboxylic acids is 1. The molecule has 3 nitrogen and oxygen atoms in total. The molecule has 128 valence electrons. The lowest BCUT2D eigenvalue weighted by Crippen LogP contribution is -2.14. The topological polar surface area (TPSA) is 42.0 Å². The minimum atomic E-state index is -0.537. The average molecular weight is 362 g/mol. The van der Waals surface area contributed by atoms with E-state index < -0.39 is 11.7 Å². The van der Waals surface area contributed by atoms with Gasteiger partial charge in [-0.05, 0) is 42.8 Å². The van der Waals surface area contributed by atoms with E-state index in [1.807, 2.05) is 49.4 Å². The first-order chi connectivity index (χ1) is 12.6. The Morgan fingerprint density at radius 3 is 2.62 bits per heavy atom. The van der Waals surface area contributed by atoms with Crippen LogP contribution in [0.25, 0.3) is 20.8 Å². The minimum absolute atomic E-state index is 0.0253. The maximum atomic E-state index is 13.8. The van der Waals surface area contributed by atoms with Crippen LogP contribution in [-0.4, -0.2) is 10.9 Å². The standard InChI is InChI=1S/C21H15FN2OS/c1-13-10-11-14(21-24-17-8-4-5-9-19(17)26-21)12-18(13)23-20(25)15-6-2-3-7-16(15)22/h2-12H,1H3,(H,23,25). The quantitative estimate of drug-likeness (QED) is 0.511. The number of aryl methyl sites for hydroxylation is 1. The molecule has 0 aliphatic carbocycles. The van der Waals surface area contributed by atoms with Crippen molar-refractivity contribution in [2.45, 2.75) is 6.92 Å². The van der Waals surface area contributed by atoms with Gasteiger partial charge in [0.15, 0.2) is 0 Å². The molecule has 1 heterocycles. The number of halogens is 1. The van der Waals surface area contributed by atoms with E-state index in [-0.39, 0.29) is 5.56 Å². The molecule has 0 aliphatic heterocycles. The number of anilines is 1. The maximum Gasteiger partial charge on any atom is 0.258 e. The van der Waals surface area contributed by atoms with Gasteiger partial charge in [0.25, 0.3) is 5.91 Å². The monoisotopic (exact) mass is 362 g/mol. The molecule has 0 aliphatic rings. The van der Waals surface area contributed by atoms with E-state index in [1.165, 1.54) is 12.1 Å². The Morgan fingerprint density at radius 1 is 1.04 bits per heavy atom. The van der Waals surface area contributed by atoms with Crippen LogP contribution in [0.5, 0.6) is 0 Å². The average Bonchev–Trinajstić information content (AvgIpc) is 3.08. The molecule has 1 N–H and O–H groups in total. The summed E-state index contributed by atoms with van der Waals surface area (Å²) in [7, 11) is 0. The van der Waals surface area contributed by atoms with Crippen molar-refractivity contribution in [2.24, 2.45) is 0 Å². The van der Waals surface area contributed by atoms with Crippen LogP contribution in [0.1, 0.15) is 15.9 Å². The number of rotatable bonds is 3. The molecule has 0 radical (unpaired) electrons. The predicted octanol–water partition coefficient (Wildman–Crippen LogP) is 5.66. The van der Waals surface area contributed by atoms with Crippen molar-refractivity contribution >= 4 is 33.1 Å². The summed E-state index contributed by atoms with van der Waals surface area (Å²) >= 11 is 1.60. The summed E-state index contributed by atoms with van der Waals surface area (Å²) in [5, 5.41) is 3.69. The lowest BCUT2D eigenvalue weighted by Gasteiger charge is -2.10. The Kier molecular flexibility index (Phi) is 4.22. The summed E-state index contributed by atoms with van der Waals surface area (Å²) in [6.07, 6.45) is 0. The van der Waals surface area contributed by atoms with Crippen molar-refractivity contribution in [3.8, 4) is 10.6 Å². The number of nitrogens with one attached hydrogen (secondary N) is 1. The molecule has 1 aromatic heterocycles. The van der Waals surface area contributed by atoms with Gasteiger partial charge in [0.05, 0.1) is 15.8 Å². The molecule has 3 aromatic carbocycles. The SMILES string of the molecule is Cc1ccc(-c2nc3ccccc3s2)cc1NC(=O)c1ccccc1F. The molecular formula is C21H15FN2OS. The Morgan fingerprint density at radius 2 is 1.81 bits per heavy atom. The minimum Gasteiger partial charge on any atom is -0.322 e. The first-order valence-electron chi connectivity index (χ1n) is 8.14. The van der Waals surface area contributed by atoms with Crippen LogP contribution in [0.4, 0.5) is 10.1 Å². The zero-order valence-electron chi connectivity index (χ0n) is 14.0. The van der Waals surface area contributed by atoms with Crippen LogP contribution < -0.4 is 5.32 Å². The van der Waals surface area contributed by atoms with Crippen molar-refractivity contribution in [1.29, 1.82) is 0 Å².